The van der Waals surface area contributed by atoms with Crippen LogP contribution in [0.5, 0.6) is 11.6 Å². The average molecular weight is 192 g/mol. The van der Waals surface area contributed by atoms with E-state index in [2.05, 4.69) is 10.2 Å². The number of carbonyl (C=O) groups excluding carboxylic acids is 2. The molecule has 0 aliphatic carbocycles. The molecule has 1 aromatic heterocycles. The maximum Gasteiger partial charge on any atom is 0.337 e. The molecule has 0 radical (unpaired) electrons. The van der Waals surface area contributed by atoms with Gasteiger partial charge in [-0.2, -0.15) is 5.10 Å². The molecular formula is C8H4N2O4. The molecule has 0 saturated carbocycles. The molecule has 1 aliphatic heterocycles. The first-order valence-corrected chi connectivity index (χ1v) is 3.69. The van der Waals surface area contributed by atoms with Gasteiger partial charge in [0.2, 0.25) is 0 Å². The molecule has 1 aromatic rings. The van der Waals surface area contributed by atoms with Crippen LogP contribution in [0.25, 0.3) is 0 Å². The van der Waals surface area contributed by atoms with Gasteiger partial charge in [-0.05, 0) is 0 Å². The number of carbonyl (C=O) groups is 2. The first-order chi connectivity index (χ1) is 6.75. The number of aromatic nitrogens is 2. The molecule has 6 heteroatoms. The fourth-order valence-corrected chi connectivity index (χ4v) is 0.864. The minimum absolute atomic E-state index is 0.0719. The van der Waals surface area contributed by atoms with Crippen molar-refractivity contribution < 1.29 is 19.1 Å². The normalized spacial score (nSPS) is 17.1. The lowest BCUT2D eigenvalue weighted by Crippen LogP contribution is -2.14. The molecule has 70 valence electrons. The number of rotatable bonds is 0. The summed E-state index contributed by atoms with van der Waals surface area (Å²) >= 11 is 0. The Morgan fingerprint density at radius 2 is 1.79 bits per heavy atom. The van der Waals surface area contributed by atoms with E-state index < -0.39 is 11.9 Å². The summed E-state index contributed by atoms with van der Waals surface area (Å²) in [5, 5.41) is 6.99. The Balaban J connectivity index is 2.44. The van der Waals surface area contributed by atoms with Crippen molar-refractivity contribution >= 4 is 11.9 Å². The first-order valence-electron chi connectivity index (χ1n) is 3.69. The molecule has 0 saturated heterocycles. The van der Waals surface area contributed by atoms with Gasteiger partial charge in [0.1, 0.15) is 0 Å². The molecule has 0 fully saturated rings. The fourth-order valence-electron chi connectivity index (χ4n) is 0.864. The van der Waals surface area contributed by atoms with Crippen molar-refractivity contribution in [3.05, 3.63) is 24.4 Å². The molecule has 6 nitrogen and oxygen atoms in total. The highest BCUT2D eigenvalue weighted by molar-refractivity contribution is 5.94. The number of nitrogens with zero attached hydrogens (tertiary/aromatic N) is 2. The van der Waals surface area contributed by atoms with Gasteiger partial charge in [0.25, 0.3) is 5.88 Å². The largest absolute Gasteiger partial charge is 0.417 e. The minimum Gasteiger partial charge on any atom is -0.417 e. The van der Waals surface area contributed by atoms with Crippen LogP contribution >= 0.6 is 0 Å². The van der Waals surface area contributed by atoms with E-state index in [0.29, 0.717) is 0 Å². The van der Waals surface area contributed by atoms with Gasteiger partial charge in [0.05, 0.1) is 6.20 Å². The van der Waals surface area contributed by atoms with Gasteiger partial charge in [-0.25, -0.2) is 9.59 Å². The van der Waals surface area contributed by atoms with E-state index >= 15 is 0 Å². The summed E-state index contributed by atoms with van der Waals surface area (Å²) in [7, 11) is 0. The van der Waals surface area contributed by atoms with E-state index in [1.807, 2.05) is 0 Å². The van der Waals surface area contributed by atoms with Crippen molar-refractivity contribution in [2.24, 2.45) is 0 Å². The molecule has 0 atom stereocenters. The Morgan fingerprint density at radius 1 is 1.07 bits per heavy atom. The van der Waals surface area contributed by atoms with Gasteiger partial charge in [-0.15, -0.1) is 5.10 Å². The predicted molar refractivity (Wildman–Crippen MR) is 42.4 cm³/mol. The molecular weight excluding hydrogens is 188 g/mol. The van der Waals surface area contributed by atoms with E-state index in [-0.39, 0.29) is 11.6 Å². The van der Waals surface area contributed by atoms with E-state index in [1.54, 1.807) is 0 Å². The maximum atomic E-state index is 11.0. The van der Waals surface area contributed by atoms with Crippen molar-refractivity contribution in [3.63, 3.8) is 0 Å². The van der Waals surface area contributed by atoms with Crippen LogP contribution in [-0.2, 0) is 9.59 Å². The third-order valence-electron chi connectivity index (χ3n) is 1.42. The van der Waals surface area contributed by atoms with Crippen molar-refractivity contribution in [3.8, 4) is 11.6 Å². The summed E-state index contributed by atoms with van der Waals surface area (Å²) in [5.74, 6) is -1.39. The molecule has 0 N–H and O–H groups in total. The molecule has 0 spiro atoms. The molecule has 0 aromatic carbocycles. The SMILES string of the molecule is O=C1/C=C\C(=O)Oc2nnccc2O1. The standard InChI is InChI=1S/C8H4N2O4/c11-6-1-2-7(12)14-8-5(13-6)3-4-9-10-8/h1-4H/b2-1-. The van der Waals surface area contributed by atoms with E-state index in [9.17, 15) is 9.59 Å². The lowest BCUT2D eigenvalue weighted by atomic mass is 10.4. The van der Waals surface area contributed by atoms with Gasteiger partial charge >= 0.3 is 11.9 Å². The van der Waals surface area contributed by atoms with E-state index in [4.69, 9.17) is 9.47 Å². The minimum atomic E-state index is -0.691. The number of ether oxygens (including phenoxy) is 2. The second-order valence-electron chi connectivity index (χ2n) is 2.38. The maximum absolute atomic E-state index is 11.0. The Labute approximate surface area is 78.2 Å². The van der Waals surface area contributed by atoms with Crippen LogP contribution in [0.4, 0.5) is 0 Å². The molecule has 0 unspecified atom stereocenters. The molecule has 2 heterocycles. The lowest BCUT2D eigenvalue weighted by molar-refractivity contribution is -0.133. The van der Waals surface area contributed by atoms with Crippen LogP contribution in [0, 0.1) is 0 Å². The summed E-state index contributed by atoms with van der Waals surface area (Å²) in [6.45, 7) is 0. The third-order valence-corrected chi connectivity index (χ3v) is 1.42. The topological polar surface area (TPSA) is 78.4 Å². The third kappa shape index (κ3) is 1.58. The first kappa shape index (κ1) is 8.36. The second-order valence-corrected chi connectivity index (χ2v) is 2.38. The Morgan fingerprint density at radius 3 is 2.57 bits per heavy atom. The van der Waals surface area contributed by atoms with Crippen molar-refractivity contribution in [1.82, 2.24) is 10.2 Å². The van der Waals surface area contributed by atoms with Gasteiger partial charge in [0, 0.05) is 18.2 Å². The van der Waals surface area contributed by atoms with Crippen LogP contribution in [0.3, 0.4) is 0 Å². The summed E-state index contributed by atoms with van der Waals surface area (Å²) < 4.78 is 9.49. The quantitative estimate of drug-likeness (QED) is 0.532. The smallest absolute Gasteiger partial charge is 0.337 e. The summed E-state index contributed by atoms with van der Waals surface area (Å²) in [5.41, 5.74) is 0. The zero-order valence-corrected chi connectivity index (χ0v) is 6.84. The van der Waals surface area contributed by atoms with E-state index in [0.717, 1.165) is 12.2 Å². The molecule has 0 bridgehead atoms. The fraction of sp³-hybridized carbons (Fsp3) is 0. The van der Waals surface area contributed by atoms with E-state index in [1.165, 1.54) is 12.3 Å². The number of hydrogen-bond donors (Lipinski definition) is 0. The Kier molecular flexibility index (Phi) is 1.94. The van der Waals surface area contributed by atoms with Crippen LogP contribution < -0.4 is 9.47 Å². The highest BCUT2D eigenvalue weighted by atomic mass is 16.6. The highest BCUT2D eigenvalue weighted by Crippen LogP contribution is 2.23. The summed E-state index contributed by atoms with van der Waals surface area (Å²) in [6.07, 6.45) is 3.26. The van der Waals surface area contributed by atoms with Crippen molar-refractivity contribution in [2.75, 3.05) is 0 Å². The highest BCUT2D eigenvalue weighted by Gasteiger charge is 2.15. The lowest BCUT2D eigenvalue weighted by Gasteiger charge is -2.07. The Bertz CT molecular complexity index is 388. The zero-order valence-electron chi connectivity index (χ0n) is 6.84. The van der Waals surface area contributed by atoms with Crippen molar-refractivity contribution in [1.29, 1.82) is 0 Å². The van der Waals surface area contributed by atoms with Crippen LogP contribution in [-0.4, -0.2) is 22.1 Å². The number of esters is 2. The number of hydrogen-bond acceptors (Lipinski definition) is 6. The molecule has 14 heavy (non-hydrogen) atoms. The van der Waals surface area contributed by atoms with Gasteiger partial charge in [-0.3, -0.25) is 0 Å². The average Bonchev–Trinajstić information content (AvgIpc) is 2.16. The van der Waals surface area contributed by atoms with Gasteiger partial charge in [-0.1, -0.05) is 0 Å². The summed E-state index contributed by atoms with van der Waals surface area (Å²) in [4.78, 5) is 21.9. The molecule has 2 rings (SSSR count). The Hall–Kier alpha value is -2.24. The zero-order chi connectivity index (χ0) is 9.97. The van der Waals surface area contributed by atoms with Crippen LogP contribution in [0.1, 0.15) is 0 Å². The molecule has 1 aliphatic rings. The van der Waals surface area contributed by atoms with Gasteiger partial charge in [0.15, 0.2) is 5.75 Å². The van der Waals surface area contributed by atoms with Crippen LogP contribution in [0.2, 0.25) is 0 Å². The van der Waals surface area contributed by atoms with Gasteiger partial charge < -0.3 is 9.47 Å². The monoisotopic (exact) mass is 192 g/mol. The number of fused-ring (bicyclic) bond motifs is 1. The summed E-state index contributed by atoms with van der Waals surface area (Å²) in [6, 6.07) is 1.38. The predicted octanol–water partition coefficient (Wildman–Crippen LogP) is -0.143. The molecule has 0 amide bonds. The second kappa shape index (κ2) is 3.25. The van der Waals surface area contributed by atoms with Crippen molar-refractivity contribution in [2.45, 2.75) is 0 Å². The van der Waals surface area contributed by atoms with Crippen LogP contribution in [0.15, 0.2) is 24.4 Å².